The van der Waals surface area contributed by atoms with E-state index in [2.05, 4.69) is 4.90 Å². The number of rotatable bonds is 5. The molecule has 1 aliphatic rings. The second kappa shape index (κ2) is 6.43. The number of likely N-dealkylation sites (tertiary alicyclic amines) is 1. The van der Waals surface area contributed by atoms with Crippen LogP contribution in [0.3, 0.4) is 0 Å². The molecular formula is C15H24N2O3. The third-order valence-corrected chi connectivity index (χ3v) is 3.55. The minimum atomic E-state index is -0.643. The summed E-state index contributed by atoms with van der Waals surface area (Å²) in [5, 5.41) is 20.0. The molecule has 0 bridgehead atoms. The van der Waals surface area contributed by atoms with Crippen molar-refractivity contribution in [2.75, 3.05) is 32.0 Å². The highest BCUT2D eigenvalue weighted by molar-refractivity contribution is 5.41. The number of hydrogen-bond acceptors (Lipinski definition) is 5. The lowest BCUT2D eigenvalue weighted by atomic mass is 9.95. The van der Waals surface area contributed by atoms with Crippen LogP contribution in [-0.4, -0.2) is 53.1 Å². The molecule has 5 heteroatoms. The van der Waals surface area contributed by atoms with Crippen molar-refractivity contribution >= 4 is 5.69 Å². The molecule has 1 aliphatic heterocycles. The van der Waals surface area contributed by atoms with Gasteiger partial charge in [-0.1, -0.05) is 0 Å². The van der Waals surface area contributed by atoms with Gasteiger partial charge in [-0.25, -0.2) is 0 Å². The Morgan fingerprint density at radius 3 is 2.75 bits per heavy atom. The summed E-state index contributed by atoms with van der Waals surface area (Å²) in [6.07, 6.45) is 1.21. The summed E-state index contributed by atoms with van der Waals surface area (Å²) < 4.78 is 5.52. The van der Waals surface area contributed by atoms with E-state index in [1.54, 1.807) is 24.3 Å². The predicted octanol–water partition coefficient (Wildman–Crippen LogP) is 0.855. The Hall–Kier alpha value is -1.30. The number of nitrogens with zero attached hydrogens (tertiary/aromatic N) is 1. The molecule has 0 saturated carbocycles. The Labute approximate surface area is 120 Å². The first kappa shape index (κ1) is 15.1. The number of benzene rings is 1. The van der Waals surface area contributed by atoms with Gasteiger partial charge in [0.05, 0.1) is 5.60 Å². The lowest BCUT2D eigenvalue weighted by molar-refractivity contribution is -0.0323. The van der Waals surface area contributed by atoms with Gasteiger partial charge in [-0.3, -0.25) is 4.90 Å². The first-order chi connectivity index (χ1) is 9.44. The molecule has 1 saturated heterocycles. The molecule has 2 rings (SSSR count). The summed E-state index contributed by atoms with van der Waals surface area (Å²) >= 11 is 0. The third kappa shape index (κ3) is 4.67. The van der Waals surface area contributed by atoms with Gasteiger partial charge in [0.25, 0.3) is 0 Å². The van der Waals surface area contributed by atoms with E-state index < -0.39 is 11.7 Å². The zero-order valence-electron chi connectivity index (χ0n) is 12.0. The number of β-amino-alcohol motifs (C(OH)–C–C–N with tert-alkyl or cyclic N) is 2. The number of nitrogens with two attached hydrogens (primary N) is 1. The normalized spacial score (nSPS) is 25.4. The topological polar surface area (TPSA) is 79.0 Å². The van der Waals surface area contributed by atoms with Crippen molar-refractivity contribution in [3.8, 4) is 5.75 Å². The van der Waals surface area contributed by atoms with Gasteiger partial charge in [0.1, 0.15) is 18.5 Å². The van der Waals surface area contributed by atoms with Crippen LogP contribution in [0.2, 0.25) is 0 Å². The molecule has 1 aromatic carbocycles. The highest BCUT2D eigenvalue weighted by Gasteiger charge is 2.29. The van der Waals surface area contributed by atoms with Crippen molar-refractivity contribution in [1.82, 2.24) is 4.90 Å². The second-order valence-electron chi connectivity index (χ2n) is 5.87. The fraction of sp³-hybridized carbons (Fsp3) is 0.600. The van der Waals surface area contributed by atoms with Crippen LogP contribution in [0.5, 0.6) is 5.75 Å². The van der Waals surface area contributed by atoms with E-state index in [4.69, 9.17) is 10.5 Å². The molecule has 5 nitrogen and oxygen atoms in total. The number of ether oxygens (including phenoxy) is 1. The molecule has 20 heavy (non-hydrogen) atoms. The van der Waals surface area contributed by atoms with Crippen molar-refractivity contribution in [3.05, 3.63) is 24.3 Å². The van der Waals surface area contributed by atoms with Gasteiger partial charge in [0.15, 0.2) is 0 Å². The molecule has 0 amide bonds. The van der Waals surface area contributed by atoms with Crippen molar-refractivity contribution in [3.63, 3.8) is 0 Å². The van der Waals surface area contributed by atoms with Crippen molar-refractivity contribution in [1.29, 1.82) is 0 Å². The highest BCUT2D eigenvalue weighted by atomic mass is 16.5. The summed E-state index contributed by atoms with van der Waals surface area (Å²) in [4.78, 5) is 2.08. The Kier molecular flexibility index (Phi) is 4.86. The van der Waals surface area contributed by atoms with Crippen molar-refractivity contribution in [2.24, 2.45) is 0 Å². The number of hydrogen-bond donors (Lipinski definition) is 3. The predicted molar refractivity (Wildman–Crippen MR) is 78.7 cm³/mol. The average Bonchev–Trinajstić information content (AvgIpc) is 2.37. The van der Waals surface area contributed by atoms with Gasteiger partial charge in [-0.15, -0.1) is 0 Å². The summed E-state index contributed by atoms with van der Waals surface area (Å²) in [5.74, 6) is 0.698. The maximum Gasteiger partial charge on any atom is 0.119 e. The first-order valence-electron chi connectivity index (χ1n) is 7.06. The summed E-state index contributed by atoms with van der Waals surface area (Å²) in [6.45, 7) is 4.12. The van der Waals surface area contributed by atoms with E-state index in [1.165, 1.54) is 0 Å². The Morgan fingerprint density at radius 2 is 2.10 bits per heavy atom. The number of anilines is 1. The van der Waals surface area contributed by atoms with Crippen LogP contribution in [-0.2, 0) is 0 Å². The number of aliphatic hydroxyl groups excluding tert-OH is 1. The highest BCUT2D eigenvalue weighted by Crippen LogP contribution is 2.20. The van der Waals surface area contributed by atoms with Gasteiger partial charge >= 0.3 is 0 Å². The van der Waals surface area contributed by atoms with Crippen LogP contribution in [0.25, 0.3) is 0 Å². The fourth-order valence-corrected chi connectivity index (χ4v) is 2.59. The lowest BCUT2D eigenvalue weighted by Crippen LogP contribution is -2.49. The van der Waals surface area contributed by atoms with Gasteiger partial charge in [0, 0.05) is 18.8 Å². The maximum absolute atomic E-state index is 10.0. The summed E-state index contributed by atoms with van der Waals surface area (Å²) in [6, 6.07) is 7.11. The molecule has 1 heterocycles. The van der Waals surface area contributed by atoms with Gasteiger partial charge in [-0.05, 0) is 50.6 Å². The van der Waals surface area contributed by atoms with Gasteiger partial charge < -0.3 is 20.7 Å². The molecule has 2 atom stereocenters. The molecule has 112 valence electrons. The molecule has 1 aromatic rings. The van der Waals surface area contributed by atoms with Gasteiger partial charge in [-0.2, -0.15) is 0 Å². The number of aliphatic hydroxyl groups is 2. The zero-order valence-corrected chi connectivity index (χ0v) is 12.0. The van der Waals surface area contributed by atoms with Crippen molar-refractivity contribution in [2.45, 2.75) is 31.5 Å². The van der Waals surface area contributed by atoms with Crippen molar-refractivity contribution < 1.29 is 14.9 Å². The lowest BCUT2D eigenvalue weighted by Gasteiger charge is -2.37. The monoisotopic (exact) mass is 280 g/mol. The molecule has 4 N–H and O–H groups in total. The largest absolute Gasteiger partial charge is 0.491 e. The van der Waals surface area contributed by atoms with Crippen LogP contribution in [0.1, 0.15) is 19.8 Å². The van der Waals surface area contributed by atoms with Gasteiger partial charge in [0.2, 0.25) is 0 Å². The second-order valence-corrected chi connectivity index (χ2v) is 5.87. The Morgan fingerprint density at radius 1 is 1.40 bits per heavy atom. The quantitative estimate of drug-likeness (QED) is 0.697. The molecule has 0 spiro atoms. The maximum atomic E-state index is 10.0. The van der Waals surface area contributed by atoms with E-state index >= 15 is 0 Å². The summed E-state index contributed by atoms with van der Waals surface area (Å²) in [5.41, 5.74) is 5.64. The molecule has 1 fully saturated rings. The first-order valence-corrected chi connectivity index (χ1v) is 7.06. The van der Waals surface area contributed by atoms with E-state index in [0.717, 1.165) is 19.4 Å². The van der Waals surface area contributed by atoms with E-state index in [9.17, 15) is 10.2 Å². The third-order valence-electron chi connectivity index (χ3n) is 3.55. The van der Waals surface area contributed by atoms with Crippen LogP contribution in [0.4, 0.5) is 5.69 Å². The minimum absolute atomic E-state index is 0.239. The standard InChI is InChI=1S/C15H24N2O3/c1-15(19)7-2-8-17(11-15)9-13(18)10-20-14-5-3-12(16)4-6-14/h3-6,13,18-19H,2,7-11,16H2,1H3. The molecular weight excluding hydrogens is 256 g/mol. The molecule has 0 radical (unpaired) electrons. The molecule has 2 unspecified atom stereocenters. The van der Waals surface area contributed by atoms with Crippen LogP contribution in [0, 0.1) is 0 Å². The van der Waals surface area contributed by atoms with E-state index in [1.807, 2.05) is 6.92 Å². The Bertz CT molecular complexity index is 420. The minimum Gasteiger partial charge on any atom is -0.491 e. The van der Waals surface area contributed by atoms with Crippen LogP contribution in [0.15, 0.2) is 24.3 Å². The molecule has 0 aromatic heterocycles. The molecule has 0 aliphatic carbocycles. The smallest absolute Gasteiger partial charge is 0.119 e. The van der Waals surface area contributed by atoms with Crippen LogP contribution < -0.4 is 10.5 Å². The van der Waals surface area contributed by atoms with E-state index in [0.29, 0.717) is 24.5 Å². The van der Waals surface area contributed by atoms with Crippen LogP contribution >= 0.6 is 0 Å². The van der Waals surface area contributed by atoms with E-state index in [-0.39, 0.29) is 6.61 Å². The number of nitrogen functional groups attached to an aromatic ring is 1. The fourth-order valence-electron chi connectivity index (χ4n) is 2.59. The number of piperidine rings is 1. The summed E-state index contributed by atoms with van der Waals surface area (Å²) in [7, 11) is 0. The SMILES string of the molecule is CC1(O)CCCN(CC(O)COc2ccc(N)cc2)C1. The Balaban J connectivity index is 1.75. The zero-order chi connectivity index (χ0) is 14.6. The average molecular weight is 280 g/mol.